The second kappa shape index (κ2) is 4.61. The van der Waals surface area contributed by atoms with Crippen molar-refractivity contribution in [2.45, 2.75) is 0 Å². The summed E-state index contributed by atoms with van der Waals surface area (Å²) in [7, 11) is 0. The number of nitro benzene ring substituents is 1. The van der Waals surface area contributed by atoms with Crippen molar-refractivity contribution in [2.75, 3.05) is 0 Å². The van der Waals surface area contributed by atoms with Crippen molar-refractivity contribution in [1.82, 2.24) is 4.98 Å². The smallest absolute Gasteiger partial charge is 0.278 e. The van der Waals surface area contributed by atoms with Gasteiger partial charge in [-0.15, -0.1) is 0 Å². The molecular formula is C14H8ClFN2O2. The molecule has 1 aromatic heterocycles. The van der Waals surface area contributed by atoms with Crippen LogP contribution in [-0.4, -0.2) is 9.91 Å². The molecule has 100 valence electrons. The van der Waals surface area contributed by atoms with E-state index in [0.717, 1.165) is 0 Å². The van der Waals surface area contributed by atoms with Gasteiger partial charge in [-0.1, -0.05) is 23.7 Å². The number of nitrogens with zero attached hydrogens (tertiary/aromatic N) is 1. The summed E-state index contributed by atoms with van der Waals surface area (Å²) >= 11 is 5.75. The molecule has 0 saturated heterocycles. The molecule has 0 saturated carbocycles. The van der Waals surface area contributed by atoms with Gasteiger partial charge in [-0.05, 0) is 24.3 Å². The van der Waals surface area contributed by atoms with Crippen molar-refractivity contribution in [3.8, 4) is 11.3 Å². The third-order valence-corrected chi connectivity index (χ3v) is 3.37. The van der Waals surface area contributed by atoms with E-state index in [4.69, 9.17) is 11.6 Å². The number of halogens is 2. The summed E-state index contributed by atoms with van der Waals surface area (Å²) in [4.78, 5) is 13.5. The van der Waals surface area contributed by atoms with Gasteiger partial charge in [-0.25, -0.2) is 4.39 Å². The molecule has 20 heavy (non-hydrogen) atoms. The maximum absolute atomic E-state index is 14.0. The summed E-state index contributed by atoms with van der Waals surface area (Å²) < 4.78 is 14.0. The van der Waals surface area contributed by atoms with Crippen LogP contribution in [0.15, 0.2) is 42.5 Å². The number of nitrogens with one attached hydrogen (secondary N) is 1. The van der Waals surface area contributed by atoms with Crippen LogP contribution in [0.2, 0.25) is 5.02 Å². The molecule has 3 aromatic rings. The molecule has 2 aromatic carbocycles. The van der Waals surface area contributed by atoms with E-state index in [1.54, 1.807) is 30.3 Å². The van der Waals surface area contributed by atoms with E-state index in [2.05, 4.69) is 4.98 Å². The van der Waals surface area contributed by atoms with Crippen LogP contribution in [0.4, 0.5) is 10.1 Å². The van der Waals surface area contributed by atoms with Crippen LogP contribution in [0.25, 0.3) is 22.2 Å². The first-order valence-corrected chi connectivity index (χ1v) is 6.16. The van der Waals surface area contributed by atoms with E-state index in [0.29, 0.717) is 16.6 Å². The fourth-order valence-corrected chi connectivity index (χ4v) is 2.33. The van der Waals surface area contributed by atoms with E-state index in [9.17, 15) is 14.5 Å². The fraction of sp³-hybridized carbons (Fsp3) is 0. The maximum Gasteiger partial charge on any atom is 0.278 e. The van der Waals surface area contributed by atoms with Crippen molar-refractivity contribution < 1.29 is 9.31 Å². The van der Waals surface area contributed by atoms with Gasteiger partial charge in [-0.2, -0.15) is 0 Å². The first-order valence-electron chi connectivity index (χ1n) is 5.78. The Morgan fingerprint density at radius 1 is 1.20 bits per heavy atom. The number of non-ortho nitro benzene ring substituents is 1. The molecule has 0 aliphatic carbocycles. The van der Waals surface area contributed by atoms with Crippen LogP contribution in [0.5, 0.6) is 0 Å². The maximum atomic E-state index is 14.0. The molecule has 1 heterocycles. The number of benzene rings is 2. The second-order valence-corrected chi connectivity index (χ2v) is 4.69. The summed E-state index contributed by atoms with van der Waals surface area (Å²) in [5.41, 5.74) is 1.29. The molecule has 0 amide bonds. The Kier molecular flexibility index (Phi) is 2.91. The summed E-state index contributed by atoms with van der Waals surface area (Å²) in [5.74, 6) is -0.552. The SMILES string of the molecule is O=[N+]([O-])c1cccc2[nH]c(-c3cccc(Cl)c3F)cc12. The Hall–Kier alpha value is -2.40. The minimum atomic E-state index is -0.552. The molecule has 0 radical (unpaired) electrons. The minimum Gasteiger partial charge on any atom is -0.354 e. The molecule has 0 aliphatic rings. The lowest BCUT2D eigenvalue weighted by Gasteiger charge is -2.01. The summed E-state index contributed by atoms with van der Waals surface area (Å²) in [6.07, 6.45) is 0. The molecule has 4 nitrogen and oxygen atoms in total. The first-order chi connectivity index (χ1) is 9.58. The molecule has 0 aliphatic heterocycles. The van der Waals surface area contributed by atoms with Crippen molar-refractivity contribution in [2.24, 2.45) is 0 Å². The molecule has 3 rings (SSSR count). The zero-order valence-electron chi connectivity index (χ0n) is 10.1. The highest BCUT2D eigenvalue weighted by Crippen LogP contribution is 2.32. The van der Waals surface area contributed by atoms with E-state index in [-0.39, 0.29) is 16.3 Å². The lowest BCUT2D eigenvalue weighted by molar-refractivity contribution is -0.383. The zero-order chi connectivity index (χ0) is 14.3. The number of aromatic nitrogens is 1. The summed E-state index contributed by atoms with van der Waals surface area (Å²) in [5, 5.41) is 11.4. The van der Waals surface area contributed by atoms with Crippen LogP contribution in [0.3, 0.4) is 0 Å². The number of hydrogen-bond donors (Lipinski definition) is 1. The van der Waals surface area contributed by atoms with E-state index < -0.39 is 10.7 Å². The van der Waals surface area contributed by atoms with Crippen LogP contribution in [0.1, 0.15) is 0 Å². The van der Waals surface area contributed by atoms with Gasteiger partial charge < -0.3 is 4.98 Å². The molecule has 0 unspecified atom stereocenters. The molecular weight excluding hydrogens is 283 g/mol. The second-order valence-electron chi connectivity index (χ2n) is 4.28. The van der Waals surface area contributed by atoms with Crippen LogP contribution < -0.4 is 0 Å². The predicted octanol–water partition coefficient (Wildman–Crippen LogP) is 4.54. The molecule has 0 bridgehead atoms. The minimum absolute atomic E-state index is 0.00987. The largest absolute Gasteiger partial charge is 0.354 e. The van der Waals surface area contributed by atoms with Crippen LogP contribution in [-0.2, 0) is 0 Å². The quantitative estimate of drug-likeness (QED) is 0.556. The fourth-order valence-electron chi connectivity index (χ4n) is 2.16. The Morgan fingerprint density at radius 3 is 2.70 bits per heavy atom. The monoisotopic (exact) mass is 290 g/mol. The van der Waals surface area contributed by atoms with Gasteiger partial charge >= 0.3 is 0 Å². The van der Waals surface area contributed by atoms with Gasteiger partial charge in [0.25, 0.3) is 5.69 Å². The zero-order valence-corrected chi connectivity index (χ0v) is 10.8. The predicted molar refractivity (Wildman–Crippen MR) is 75.4 cm³/mol. The average molecular weight is 291 g/mol. The van der Waals surface area contributed by atoms with E-state index in [1.165, 1.54) is 12.1 Å². The number of rotatable bonds is 2. The average Bonchev–Trinajstić information content (AvgIpc) is 2.84. The van der Waals surface area contributed by atoms with Gasteiger partial charge in [0, 0.05) is 17.3 Å². The van der Waals surface area contributed by atoms with Gasteiger partial charge in [0.15, 0.2) is 5.82 Å². The number of fused-ring (bicyclic) bond motifs is 1. The molecule has 0 spiro atoms. The topological polar surface area (TPSA) is 58.9 Å². The Bertz CT molecular complexity index is 829. The standard InChI is InChI=1S/C14H8ClFN2O2/c15-10-4-1-3-8(14(10)16)12-7-9-11(17-12)5-2-6-13(9)18(19)20/h1-7,17H. The highest BCUT2D eigenvalue weighted by Gasteiger charge is 2.16. The molecule has 0 atom stereocenters. The lowest BCUT2D eigenvalue weighted by atomic mass is 10.1. The van der Waals surface area contributed by atoms with Gasteiger partial charge in [0.1, 0.15) is 0 Å². The van der Waals surface area contributed by atoms with Gasteiger partial charge in [0.05, 0.1) is 20.8 Å². The summed E-state index contributed by atoms with van der Waals surface area (Å²) in [6, 6.07) is 10.9. The van der Waals surface area contributed by atoms with Crippen molar-refractivity contribution in [3.05, 3.63) is 63.4 Å². The number of nitro groups is 1. The van der Waals surface area contributed by atoms with E-state index >= 15 is 0 Å². The Balaban J connectivity index is 2.26. The van der Waals surface area contributed by atoms with Gasteiger partial charge in [0.2, 0.25) is 0 Å². The van der Waals surface area contributed by atoms with Crippen LogP contribution >= 0.6 is 11.6 Å². The molecule has 1 N–H and O–H groups in total. The lowest BCUT2D eigenvalue weighted by Crippen LogP contribution is -1.87. The molecule has 0 fully saturated rings. The summed E-state index contributed by atoms with van der Waals surface area (Å²) in [6.45, 7) is 0. The van der Waals surface area contributed by atoms with Crippen LogP contribution in [0, 0.1) is 15.9 Å². The Labute approximate surface area is 118 Å². The number of H-pyrrole nitrogens is 1. The van der Waals surface area contributed by atoms with Crippen molar-refractivity contribution >= 4 is 28.2 Å². The third-order valence-electron chi connectivity index (χ3n) is 3.08. The number of hydrogen-bond acceptors (Lipinski definition) is 2. The normalized spacial score (nSPS) is 10.9. The molecule has 6 heteroatoms. The third kappa shape index (κ3) is 1.92. The highest BCUT2D eigenvalue weighted by molar-refractivity contribution is 6.31. The first kappa shape index (κ1) is 12.6. The highest BCUT2D eigenvalue weighted by atomic mass is 35.5. The van der Waals surface area contributed by atoms with Crippen molar-refractivity contribution in [1.29, 1.82) is 0 Å². The number of aromatic amines is 1. The van der Waals surface area contributed by atoms with Gasteiger partial charge in [-0.3, -0.25) is 10.1 Å². The Morgan fingerprint density at radius 2 is 1.95 bits per heavy atom. The van der Waals surface area contributed by atoms with Crippen molar-refractivity contribution in [3.63, 3.8) is 0 Å². The van der Waals surface area contributed by atoms with E-state index in [1.807, 2.05) is 0 Å².